The van der Waals surface area contributed by atoms with Crippen LogP contribution in [0.4, 0.5) is 0 Å². The third kappa shape index (κ3) is 7.69. The van der Waals surface area contributed by atoms with E-state index in [2.05, 4.69) is 0 Å². The zero-order valence-corrected chi connectivity index (χ0v) is 22.9. The SMILES string of the molecule is O=C(OC1C(O)OC(COCc2ccccc2)C(OCc2ccccc2)C1OC(=O)c1ccccc1)c1ccccc1. The summed E-state index contributed by atoms with van der Waals surface area (Å²) in [5.74, 6) is -1.36. The van der Waals surface area contributed by atoms with E-state index < -0.39 is 42.6 Å². The molecule has 5 atom stereocenters. The van der Waals surface area contributed by atoms with Crippen LogP contribution < -0.4 is 0 Å². The van der Waals surface area contributed by atoms with Crippen molar-refractivity contribution in [2.45, 2.75) is 43.9 Å². The molecule has 1 N–H and O–H groups in total. The lowest BCUT2D eigenvalue weighted by atomic mass is 9.98. The van der Waals surface area contributed by atoms with E-state index in [1.165, 1.54) is 0 Å². The molecule has 0 spiro atoms. The molecule has 5 rings (SSSR count). The summed E-state index contributed by atoms with van der Waals surface area (Å²) in [6, 6.07) is 35.9. The van der Waals surface area contributed by atoms with Gasteiger partial charge in [0.15, 0.2) is 18.5 Å². The number of aliphatic hydroxyl groups excluding tert-OH is 1. The highest BCUT2D eigenvalue weighted by Crippen LogP contribution is 2.30. The average molecular weight is 569 g/mol. The maximum atomic E-state index is 13.3. The molecule has 4 aromatic carbocycles. The van der Waals surface area contributed by atoms with E-state index in [-0.39, 0.29) is 18.8 Å². The summed E-state index contributed by atoms with van der Waals surface area (Å²) in [6.45, 7) is 0.464. The first kappa shape index (κ1) is 29.2. The number of benzene rings is 4. The lowest BCUT2D eigenvalue weighted by Gasteiger charge is -2.43. The third-order valence-corrected chi connectivity index (χ3v) is 6.79. The quantitative estimate of drug-likeness (QED) is 0.254. The molecule has 42 heavy (non-hydrogen) atoms. The smallest absolute Gasteiger partial charge is 0.338 e. The number of carbonyl (C=O) groups is 2. The third-order valence-electron chi connectivity index (χ3n) is 6.79. The average Bonchev–Trinajstić information content (AvgIpc) is 3.04. The van der Waals surface area contributed by atoms with Crippen LogP contribution in [0.2, 0.25) is 0 Å². The minimum absolute atomic E-state index is 0.0180. The normalized spacial score (nSPS) is 21.8. The van der Waals surface area contributed by atoms with Crippen molar-refractivity contribution in [1.82, 2.24) is 0 Å². The Bertz CT molecular complexity index is 1400. The van der Waals surface area contributed by atoms with Crippen LogP contribution in [-0.4, -0.2) is 54.4 Å². The van der Waals surface area contributed by atoms with Crippen molar-refractivity contribution >= 4 is 11.9 Å². The predicted molar refractivity (Wildman–Crippen MR) is 153 cm³/mol. The predicted octanol–water partition coefficient (Wildman–Crippen LogP) is 4.96. The van der Waals surface area contributed by atoms with Gasteiger partial charge in [-0.25, -0.2) is 9.59 Å². The number of carbonyl (C=O) groups excluding carboxylic acids is 2. The van der Waals surface area contributed by atoms with Crippen LogP contribution in [0.5, 0.6) is 0 Å². The Morgan fingerprint density at radius 2 is 1.05 bits per heavy atom. The van der Waals surface area contributed by atoms with Gasteiger partial charge in [0.05, 0.1) is 30.9 Å². The van der Waals surface area contributed by atoms with Crippen LogP contribution in [0.3, 0.4) is 0 Å². The highest BCUT2D eigenvalue weighted by molar-refractivity contribution is 5.90. The molecule has 1 aliphatic rings. The number of ether oxygens (including phenoxy) is 5. The van der Waals surface area contributed by atoms with E-state index in [4.69, 9.17) is 23.7 Å². The summed E-state index contributed by atoms with van der Waals surface area (Å²) in [5, 5.41) is 11.1. The van der Waals surface area contributed by atoms with Crippen molar-refractivity contribution in [3.8, 4) is 0 Å². The Morgan fingerprint density at radius 3 is 1.57 bits per heavy atom. The molecule has 0 radical (unpaired) electrons. The fraction of sp³-hybridized carbons (Fsp3) is 0.235. The Morgan fingerprint density at radius 1 is 0.595 bits per heavy atom. The van der Waals surface area contributed by atoms with Gasteiger partial charge >= 0.3 is 11.9 Å². The molecule has 0 bridgehead atoms. The Kier molecular flexibility index (Phi) is 10.1. The van der Waals surface area contributed by atoms with E-state index in [1.807, 2.05) is 60.7 Å². The largest absolute Gasteiger partial charge is 0.452 e. The van der Waals surface area contributed by atoms with E-state index in [1.54, 1.807) is 60.7 Å². The van der Waals surface area contributed by atoms with E-state index in [0.717, 1.165) is 11.1 Å². The fourth-order valence-electron chi connectivity index (χ4n) is 4.66. The van der Waals surface area contributed by atoms with Gasteiger partial charge in [-0.05, 0) is 35.4 Å². The second kappa shape index (κ2) is 14.5. The van der Waals surface area contributed by atoms with Gasteiger partial charge in [0, 0.05) is 0 Å². The molecule has 0 aliphatic carbocycles. The van der Waals surface area contributed by atoms with Gasteiger partial charge in [0.2, 0.25) is 0 Å². The lowest BCUT2D eigenvalue weighted by Crippen LogP contribution is -2.62. The first-order valence-electron chi connectivity index (χ1n) is 13.7. The van der Waals surface area contributed by atoms with Crippen molar-refractivity contribution < 1.29 is 38.4 Å². The molecular formula is C34H32O8. The number of hydrogen-bond acceptors (Lipinski definition) is 8. The molecule has 4 aromatic rings. The highest BCUT2D eigenvalue weighted by Gasteiger charge is 2.51. The van der Waals surface area contributed by atoms with Crippen LogP contribution in [-0.2, 0) is 36.9 Å². The second-order valence-electron chi connectivity index (χ2n) is 9.80. The first-order chi connectivity index (χ1) is 20.6. The van der Waals surface area contributed by atoms with E-state index >= 15 is 0 Å². The van der Waals surface area contributed by atoms with Gasteiger partial charge in [-0.2, -0.15) is 0 Å². The van der Waals surface area contributed by atoms with Crippen molar-refractivity contribution in [3.63, 3.8) is 0 Å². The fourth-order valence-corrected chi connectivity index (χ4v) is 4.66. The van der Waals surface area contributed by atoms with Gasteiger partial charge in [0.1, 0.15) is 12.2 Å². The van der Waals surface area contributed by atoms with Gasteiger partial charge in [-0.1, -0.05) is 97.1 Å². The Hall–Kier alpha value is -4.34. The monoisotopic (exact) mass is 568 g/mol. The van der Waals surface area contributed by atoms with Gasteiger partial charge < -0.3 is 28.8 Å². The molecule has 0 saturated carbocycles. The molecule has 1 saturated heterocycles. The topological polar surface area (TPSA) is 101 Å². The summed E-state index contributed by atoms with van der Waals surface area (Å²) in [4.78, 5) is 26.3. The number of hydrogen-bond donors (Lipinski definition) is 1. The molecule has 216 valence electrons. The van der Waals surface area contributed by atoms with Crippen molar-refractivity contribution in [2.24, 2.45) is 0 Å². The molecule has 1 fully saturated rings. The summed E-state index contributed by atoms with van der Waals surface area (Å²) in [5.41, 5.74) is 2.40. The number of esters is 2. The second-order valence-corrected chi connectivity index (χ2v) is 9.80. The maximum absolute atomic E-state index is 13.3. The number of rotatable bonds is 11. The van der Waals surface area contributed by atoms with E-state index in [0.29, 0.717) is 12.2 Å². The summed E-state index contributed by atoms with van der Waals surface area (Å²) >= 11 is 0. The van der Waals surface area contributed by atoms with Crippen LogP contribution >= 0.6 is 0 Å². The number of aliphatic hydroxyl groups is 1. The van der Waals surface area contributed by atoms with Crippen molar-refractivity contribution in [1.29, 1.82) is 0 Å². The van der Waals surface area contributed by atoms with E-state index in [9.17, 15) is 14.7 Å². The molecule has 1 heterocycles. The molecule has 5 unspecified atom stereocenters. The van der Waals surface area contributed by atoms with Crippen LogP contribution in [0.1, 0.15) is 31.8 Å². The molecule has 1 aliphatic heterocycles. The maximum Gasteiger partial charge on any atom is 0.338 e. The first-order valence-corrected chi connectivity index (χ1v) is 13.7. The van der Waals surface area contributed by atoms with Crippen LogP contribution in [0, 0.1) is 0 Å². The standard InChI is InChI=1S/C34H32O8/c35-32(26-17-9-3-10-18-26)41-30-29(39-22-25-15-7-2-8-16-25)28(23-38-21-24-13-5-1-6-14-24)40-34(37)31(30)42-33(36)27-19-11-4-12-20-27/h1-20,28-31,34,37H,21-23H2. The minimum atomic E-state index is -1.62. The van der Waals surface area contributed by atoms with Crippen molar-refractivity contribution in [2.75, 3.05) is 6.61 Å². The molecule has 8 heteroatoms. The molecular weight excluding hydrogens is 536 g/mol. The Labute approximate surface area is 244 Å². The molecule has 0 aromatic heterocycles. The minimum Gasteiger partial charge on any atom is -0.452 e. The van der Waals surface area contributed by atoms with Gasteiger partial charge in [0.25, 0.3) is 0 Å². The zero-order chi connectivity index (χ0) is 29.1. The summed E-state index contributed by atoms with van der Waals surface area (Å²) in [7, 11) is 0. The molecule has 8 nitrogen and oxygen atoms in total. The van der Waals surface area contributed by atoms with Gasteiger partial charge in [-0.15, -0.1) is 0 Å². The molecule has 0 amide bonds. The lowest BCUT2D eigenvalue weighted by molar-refractivity contribution is -0.296. The zero-order valence-electron chi connectivity index (χ0n) is 22.9. The summed E-state index contributed by atoms with van der Waals surface area (Å²) < 4.78 is 29.9. The summed E-state index contributed by atoms with van der Waals surface area (Å²) in [6.07, 6.45) is -6.02. The van der Waals surface area contributed by atoms with Crippen LogP contribution in [0.15, 0.2) is 121 Å². The van der Waals surface area contributed by atoms with Crippen LogP contribution in [0.25, 0.3) is 0 Å². The van der Waals surface area contributed by atoms with Crippen molar-refractivity contribution in [3.05, 3.63) is 144 Å². The van der Waals surface area contributed by atoms with Gasteiger partial charge in [-0.3, -0.25) is 0 Å². The highest BCUT2D eigenvalue weighted by atomic mass is 16.7. The Balaban J connectivity index is 1.42.